The fourth-order valence-electron chi connectivity index (χ4n) is 1.58. The van der Waals surface area contributed by atoms with Gasteiger partial charge in [-0.2, -0.15) is 5.10 Å². The molecule has 90 valence electrons. The minimum atomic E-state index is 0.180. The zero-order chi connectivity index (χ0) is 12.3. The Morgan fingerprint density at radius 3 is 3.00 bits per heavy atom. The maximum atomic E-state index is 9.30. The third-order valence-electron chi connectivity index (χ3n) is 2.47. The Bertz CT molecular complexity index is 508. The number of aromatic hydroxyl groups is 1. The summed E-state index contributed by atoms with van der Waals surface area (Å²) in [6.45, 7) is 3.07. The van der Waals surface area contributed by atoms with Gasteiger partial charge in [0.1, 0.15) is 18.1 Å². The zero-order valence-corrected chi connectivity index (χ0v) is 9.63. The van der Waals surface area contributed by atoms with Gasteiger partial charge in [0.15, 0.2) is 0 Å². The maximum Gasteiger partial charge on any atom is 0.132 e. The highest BCUT2D eigenvalue weighted by atomic mass is 16.5. The van der Waals surface area contributed by atoms with E-state index in [4.69, 9.17) is 10.5 Å². The Balaban J connectivity index is 2.09. The van der Waals surface area contributed by atoms with E-state index in [0.29, 0.717) is 18.0 Å². The van der Waals surface area contributed by atoms with Gasteiger partial charge in [-0.15, -0.1) is 0 Å². The molecule has 0 radical (unpaired) electrons. The molecule has 0 spiro atoms. The van der Waals surface area contributed by atoms with Crippen molar-refractivity contribution >= 4 is 5.69 Å². The predicted octanol–water partition coefficient (Wildman–Crippen LogP) is 1.77. The number of phenols is 1. The maximum absolute atomic E-state index is 9.30. The van der Waals surface area contributed by atoms with E-state index in [1.165, 1.54) is 0 Å². The summed E-state index contributed by atoms with van der Waals surface area (Å²) in [6.07, 6.45) is 1.62. The molecule has 0 saturated heterocycles. The van der Waals surface area contributed by atoms with Crippen LogP contribution in [0.4, 0.5) is 5.69 Å². The molecule has 2 aromatic rings. The Morgan fingerprint density at radius 2 is 2.29 bits per heavy atom. The van der Waals surface area contributed by atoms with Crippen molar-refractivity contribution in [3.05, 3.63) is 36.2 Å². The molecule has 0 bridgehead atoms. The average Bonchev–Trinajstić information content (AvgIpc) is 2.67. The van der Waals surface area contributed by atoms with E-state index in [1.807, 2.05) is 6.92 Å². The first-order chi connectivity index (χ1) is 8.20. The molecule has 0 unspecified atom stereocenters. The Hall–Kier alpha value is -2.17. The number of ether oxygens (including phenoxy) is 1. The van der Waals surface area contributed by atoms with Gasteiger partial charge < -0.3 is 15.6 Å². The Labute approximate surface area is 99.4 Å². The van der Waals surface area contributed by atoms with Gasteiger partial charge in [-0.25, -0.2) is 0 Å². The lowest BCUT2D eigenvalue weighted by atomic mass is 10.3. The number of hydrogen-bond donors (Lipinski definition) is 2. The highest BCUT2D eigenvalue weighted by Crippen LogP contribution is 2.20. The molecule has 0 aliphatic carbocycles. The van der Waals surface area contributed by atoms with Crippen LogP contribution in [0, 0.1) is 0 Å². The van der Waals surface area contributed by atoms with Gasteiger partial charge in [0, 0.05) is 12.6 Å². The van der Waals surface area contributed by atoms with Crippen LogP contribution in [0.2, 0.25) is 0 Å². The molecule has 3 N–H and O–H groups in total. The Morgan fingerprint density at radius 1 is 1.47 bits per heavy atom. The van der Waals surface area contributed by atoms with E-state index >= 15 is 0 Å². The van der Waals surface area contributed by atoms with Gasteiger partial charge in [-0.1, -0.05) is 6.07 Å². The van der Waals surface area contributed by atoms with Gasteiger partial charge in [0.05, 0.1) is 17.6 Å². The summed E-state index contributed by atoms with van der Waals surface area (Å²) in [6, 6.07) is 6.66. The molecule has 5 nitrogen and oxygen atoms in total. The second-order valence-electron chi connectivity index (χ2n) is 3.65. The standard InChI is InChI=1S/C12H15N3O2/c1-2-15-12(11(13)7-14-15)8-17-10-5-3-4-9(16)6-10/h3-7,16H,2,8,13H2,1H3. The Kier molecular flexibility index (Phi) is 3.18. The van der Waals surface area contributed by atoms with Crippen molar-refractivity contribution in [2.45, 2.75) is 20.1 Å². The third-order valence-corrected chi connectivity index (χ3v) is 2.47. The predicted molar refractivity (Wildman–Crippen MR) is 64.8 cm³/mol. The molecule has 0 aliphatic rings. The summed E-state index contributed by atoms with van der Waals surface area (Å²) in [5.41, 5.74) is 7.26. The first kappa shape index (κ1) is 11.3. The van der Waals surface area contributed by atoms with Crippen LogP contribution in [0.3, 0.4) is 0 Å². The number of rotatable bonds is 4. The molecule has 0 fully saturated rings. The number of nitrogen functional groups attached to an aromatic ring is 1. The van der Waals surface area contributed by atoms with E-state index in [0.717, 1.165) is 12.2 Å². The summed E-state index contributed by atoms with van der Waals surface area (Å²) in [7, 11) is 0. The topological polar surface area (TPSA) is 73.3 Å². The van der Waals surface area contributed by atoms with Crippen molar-refractivity contribution in [2.75, 3.05) is 5.73 Å². The molecule has 0 amide bonds. The van der Waals surface area contributed by atoms with E-state index in [-0.39, 0.29) is 5.75 Å². The van der Waals surface area contributed by atoms with Gasteiger partial charge in [-0.05, 0) is 19.1 Å². The lowest BCUT2D eigenvalue weighted by molar-refractivity contribution is 0.291. The van der Waals surface area contributed by atoms with Crippen molar-refractivity contribution in [3.63, 3.8) is 0 Å². The van der Waals surface area contributed by atoms with Crippen LogP contribution < -0.4 is 10.5 Å². The van der Waals surface area contributed by atoms with Crippen LogP contribution in [0.1, 0.15) is 12.6 Å². The smallest absolute Gasteiger partial charge is 0.132 e. The molecule has 1 aromatic heterocycles. The summed E-state index contributed by atoms with van der Waals surface area (Å²) >= 11 is 0. The van der Waals surface area contributed by atoms with Crippen LogP contribution in [-0.4, -0.2) is 14.9 Å². The number of benzene rings is 1. The fraction of sp³-hybridized carbons (Fsp3) is 0.250. The second kappa shape index (κ2) is 4.78. The molecule has 0 saturated carbocycles. The lowest BCUT2D eigenvalue weighted by Crippen LogP contribution is -2.07. The number of aromatic nitrogens is 2. The van der Waals surface area contributed by atoms with Gasteiger partial charge in [0.2, 0.25) is 0 Å². The molecular formula is C12H15N3O2. The quantitative estimate of drug-likeness (QED) is 0.844. The van der Waals surface area contributed by atoms with Crippen LogP contribution in [0.5, 0.6) is 11.5 Å². The number of nitrogens with zero attached hydrogens (tertiary/aromatic N) is 2. The largest absolute Gasteiger partial charge is 0.508 e. The third kappa shape index (κ3) is 2.50. The monoisotopic (exact) mass is 233 g/mol. The second-order valence-corrected chi connectivity index (χ2v) is 3.65. The molecular weight excluding hydrogens is 218 g/mol. The highest BCUT2D eigenvalue weighted by Gasteiger charge is 2.07. The molecule has 1 aromatic carbocycles. The van der Waals surface area contributed by atoms with Crippen LogP contribution in [0.25, 0.3) is 0 Å². The summed E-state index contributed by atoms with van der Waals surface area (Å²) < 4.78 is 7.34. The first-order valence-corrected chi connectivity index (χ1v) is 5.42. The van der Waals surface area contributed by atoms with Crippen molar-refractivity contribution in [1.82, 2.24) is 9.78 Å². The number of anilines is 1. The van der Waals surface area contributed by atoms with Crippen molar-refractivity contribution in [3.8, 4) is 11.5 Å². The minimum absolute atomic E-state index is 0.180. The number of aryl methyl sites for hydroxylation is 1. The molecule has 0 aliphatic heterocycles. The van der Waals surface area contributed by atoms with Crippen LogP contribution in [0.15, 0.2) is 30.5 Å². The molecule has 2 rings (SSSR count). The van der Waals surface area contributed by atoms with Gasteiger partial charge >= 0.3 is 0 Å². The normalized spacial score (nSPS) is 10.4. The van der Waals surface area contributed by atoms with E-state index in [1.54, 1.807) is 35.1 Å². The van der Waals surface area contributed by atoms with Crippen molar-refractivity contribution in [1.29, 1.82) is 0 Å². The molecule has 17 heavy (non-hydrogen) atoms. The van der Waals surface area contributed by atoms with Crippen LogP contribution in [-0.2, 0) is 13.2 Å². The van der Waals surface area contributed by atoms with E-state index in [2.05, 4.69) is 5.10 Å². The van der Waals surface area contributed by atoms with Crippen LogP contribution >= 0.6 is 0 Å². The molecule has 0 atom stereocenters. The van der Waals surface area contributed by atoms with E-state index in [9.17, 15) is 5.11 Å². The molecule has 5 heteroatoms. The summed E-state index contributed by atoms with van der Waals surface area (Å²) in [5.74, 6) is 0.785. The lowest BCUT2D eigenvalue weighted by Gasteiger charge is -2.08. The van der Waals surface area contributed by atoms with Crippen molar-refractivity contribution < 1.29 is 9.84 Å². The zero-order valence-electron chi connectivity index (χ0n) is 9.63. The van der Waals surface area contributed by atoms with Gasteiger partial charge in [-0.3, -0.25) is 4.68 Å². The highest BCUT2D eigenvalue weighted by molar-refractivity contribution is 5.41. The minimum Gasteiger partial charge on any atom is -0.508 e. The van der Waals surface area contributed by atoms with Crippen molar-refractivity contribution in [2.24, 2.45) is 0 Å². The summed E-state index contributed by atoms with van der Waals surface area (Å²) in [4.78, 5) is 0. The first-order valence-electron chi connectivity index (χ1n) is 5.42. The van der Waals surface area contributed by atoms with Gasteiger partial charge in [0.25, 0.3) is 0 Å². The summed E-state index contributed by atoms with van der Waals surface area (Å²) in [5, 5.41) is 13.4. The SMILES string of the molecule is CCn1ncc(N)c1COc1cccc(O)c1. The average molecular weight is 233 g/mol. The number of phenolic OH excluding ortho intramolecular Hbond substituents is 1. The number of nitrogens with two attached hydrogens (primary N) is 1. The van der Waals surface area contributed by atoms with E-state index < -0.39 is 0 Å². The number of hydrogen-bond acceptors (Lipinski definition) is 4. The molecule has 1 heterocycles. The fourth-order valence-corrected chi connectivity index (χ4v) is 1.58.